The Kier molecular flexibility index (Phi) is 3.83. The second-order valence-corrected chi connectivity index (χ2v) is 6.56. The molecule has 1 aliphatic carbocycles. The van der Waals surface area contributed by atoms with E-state index in [1.54, 1.807) is 6.92 Å². The molecule has 6 heteroatoms. The van der Waals surface area contributed by atoms with Gasteiger partial charge in [0.1, 0.15) is 12.1 Å². The van der Waals surface area contributed by atoms with Crippen molar-refractivity contribution in [2.75, 3.05) is 6.54 Å². The Bertz CT molecular complexity index is 652. The first-order valence-electron chi connectivity index (χ1n) is 7.86. The van der Waals surface area contributed by atoms with Crippen LogP contribution >= 0.6 is 0 Å². The van der Waals surface area contributed by atoms with Crippen molar-refractivity contribution in [2.24, 2.45) is 5.92 Å². The quantitative estimate of drug-likeness (QED) is 0.805. The second kappa shape index (κ2) is 5.68. The number of amides is 4. The summed E-state index contributed by atoms with van der Waals surface area (Å²) < 4.78 is 0. The molecule has 0 unspecified atom stereocenters. The van der Waals surface area contributed by atoms with Crippen molar-refractivity contribution in [3.05, 3.63) is 35.4 Å². The molecule has 1 saturated heterocycles. The van der Waals surface area contributed by atoms with Crippen LogP contribution in [0.5, 0.6) is 0 Å². The number of benzene rings is 1. The Morgan fingerprint density at radius 1 is 1.30 bits per heavy atom. The fourth-order valence-electron chi connectivity index (χ4n) is 2.90. The summed E-state index contributed by atoms with van der Waals surface area (Å²) in [7, 11) is 0. The number of nitrogens with zero attached hydrogens (tertiary/aromatic N) is 1. The van der Waals surface area contributed by atoms with Gasteiger partial charge in [0.05, 0.1) is 0 Å². The van der Waals surface area contributed by atoms with Crippen molar-refractivity contribution >= 4 is 17.8 Å². The van der Waals surface area contributed by atoms with Gasteiger partial charge in [-0.1, -0.05) is 29.8 Å². The van der Waals surface area contributed by atoms with Gasteiger partial charge >= 0.3 is 6.03 Å². The summed E-state index contributed by atoms with van der Waals surface area (Å²) in [6.45, 7) is 3.88. The molecule has 0 spiro atoms. The number of hydrogen-bond acceptors (Lipinski definition) is 3. The highest BCUT2D eigenvalue weighted by molar-refractivity contribution is 6.09. The van der Waals surface area contributed by atoms with Crippen LogP contribution in [-0.4, -0.2) is 34.8 Å². The van der Waals surface area contributed by atoms with Crippen LogP contribution in [0.4, 0.5) is 4.79 Å². The van der Waals surface area contributed by atoms with Gasteiger partial charge in [0.2, 0.25) is 5.91 Å². The molecule has 2 N–H and O–H groups in total. The van der Waals surface area contributed by atoms with Gasteiger partial charge < -0.3 is 10.6 Å². The number of hydrogen-bond donors (Lipinski definition) is 2. The third kappa shape index (κ3) is 3.06. The predicted octanol–water partition coefficient (Wildman–Crippen LogP) is 1.33. The predicted molar refractivity (Wildman–Crippen MR) is 84.4 cm³/mol. The summed E-state index contributed by atoms with van der Waals surface area (Å²) in [4.78, 5) is 37.5. The fraction of sp³-hybridized carbons (Fsp3) is 0.471. The van der Waals surface area contributed by atoms with Crippen molar-refractivity contribution in [2.45, 2.75) is 38.8 Å². The zero-order valence-corrected chi connectivity index (χ0v) is 13.4. The molecule has 1 saturated carbocycles. The van der Waals surface area contributed by atoms with Gasteiger partial charge in [-0.15, -0.1) is 0 Å². The van der Waals surface area contributed by atoms with E-state index in [9.17, 15) is 14.4 Å². The molecule has 122 valence electrons. The Balaban J connectivity index is 1.56. The number of nitrogens with one attached hydrogen (secondary N) is 2. The van der Waals surface area contributed by atoms with E-state index in [0.717, 1.165) is 28.9 Å². The van der Waals surface area contributed by atoms with Crippen molar-refractivity contribution < 1.29 is 14.4 Å². The molecule has 0 radical (unpaired) electrons. The largest absolute Gasteiger partial charge is 0.350 e. The van der Waals surface area contributed by atoms with Gasteiger partial charge in [0.25, 0.3) is 5.91 Å². The van der Waals surface area contributed by atoms with Crippen LogP contribution < -0.4 is 10.6 Å². The molecule has 6 nitrogen and oxygen atoms in total. The molecule has 0 aromatic heterocycles. The number of carbonyl (C=O) groups excluding carboxylic acids is 3. The monoisotopic (exact) mass is 315 g/mol. The van der Waals surface area contributed by atoms with Crippen molar-refractivity contribution in [1.29, 1.82) is 0 Å². The van der Waals surface area contributed by atoms with E-state index in [-0.39, 0.29) is 24.3 Å². The summed E-state index contributed by atoms with van der Waals surface area (Å²) in [6, 6.07) is 7.34. The zero-order valence-electron chi connectivity index (χ0n) is 13.4. The van der Waals surface area contributed by atoms with Gasteiger partial charge in [-0.05, 0) is 38.2 Å². The number of urea groups is 1. The van der Waals surface area contributed by atoms with Gasteiger partial charge in [0.15, 0.2) is 0 Å². The number of rotatable bonds is 5. The maximum Gasteiger partial charge on any atom is 0.325 e. The Labute approximate surface area is 135 Å². The average Bonchev–Trinajstić information content (AvgIpc) is 3.33. The van der Waals surface area contributed by atoms with E-state index in [4.69, 9.17) is 0 Å². The maximum atomic E-state index is 12.4. The van der Waals surface area contributed by atoms with Crippen LogP contribution in [0, 0.1) is 12.8 Å². The smallest absolute Gasteiger partial charge is 0.325 e. The lowest BCUT2D eigenvalue weighted by molar-refractivity contribution is -0.135. The highest BCUT2D eigenvalue weighted by atomic mass is 16.2. The van der Waals surface area contributed by atoms with Crippen LogP contribution in [0.2, 0.25) is 0 Å². The van der Waals surface area contributed by atoms with E-state index < -0.39 is 11.6 Å². The lowest BCUT2D eigenvalue weighted by Gasteiger charge is -2.20. The lowest BCUT2D eigenvalue weighted by atomic mass is 9.96. The highest BCUT2D eigenvalue weighted by Gasteiger charge is 2.56. The van der Waals surface area contributed by atoms with E-state index in [0.29, 0.717) is 6.54 Å². The fourth-order valence-corrected chi connectivity index (χ4v) is 2.90. The highest BCUT2D eigenvalue weighted by Crippen LogP contribution is 2.42. The Morgan fingerprint density at radius 3 is 2.57 bits per heavy atom. The molecule has 4 amide bonds. The normalized spacial score (nSPS) is 23.8. The molecule has 1 aromatic carbocycles. The summed E-state index contributed by atoms with van der Waals surface area (Å²) in [6.07, 6.45) is 1.88. The van der Waals surface area contributed by atoms with Crippen LogP contribution in [0.25, 0.3) is 0 Å². The molecule has 1 heterocycles. The van der Waals surface area contributed by atoms with E-state index in [2.05, 4.69) is 10.6 Å². The second-order valence-electron chi connectivity index (χ2n) is 6.56. The molecule has 3 rings (SSSR count). The van der Waals surface area contributed by atoms with Crippen molar-refractivity contribution in [1.82, 2.24) is 15.5 Å². The maximum absolute atomic E-state index is 12.4. The first-order valence-corrected chi connectivity index (χ1v) is 7.86. The summed E-state index contributed by atoms with van der Waals surface area (Å²) in [5.74, 6) is -0.441. The minimum Gasteiger partial charge on any atom is -0.350 e. The van der Waals surface area contributed by atoms with Gasteiger partial charge in [-0.25, -0.2) is 4.79 Å². The van der Waals surface area contributed by atoms with Crippen molar-refractivity contribution in [3.63, 3.8) is 0 Å². The topological polar surface area (TPSA) is 78.5 Å². The van der Waals surface area contributed by atoms with Gasteiger partial charge in [0, 0.05) is 6.54 Å². The van der Waals surface area contributed by atoms with Crippen LogP contribution in [0.1, 0.15) is 30.9 Å². The van der Waals surface area contributed by atoms with Crippen LogP contribution in [0.15, 0.2) is 24.3 Å². The molecule has 1 aliphatic heterocycles. The molecular weight excluding hydrogens is 294 g/mol. The first kappa shape index (κ1) is 15.5. The standard InChI is InChI=1S/C17H21N3O3/c1-11-3-5-12(6-4-11)9-18-14(21)10-20-15(22)17(2,13-7-8-13)19-16(20)23/h3-6,13H,7-10H2,1-2H3,(H,18,21)(H,19,23)/t17-/m0/s1. The minimum absolute atomic E-state index is 0.194. The van der Waals surface area contributed by atoms with Crippen molar-refractivity contribution in [3.8, 4) is 0 Å². The van der Waals surface area contributed by atoms with Crippen LogP contribution in [0.3, 0.4) is 0 Å². The number of imide groups is 1. The molecule has 23 heavy (non-hydrogen) atoms. The van der Waals surface area contributed by atoms with E-state index in [1.165, 1.54) is 0 Å². The summed E-state index contributed by atoms with van der Waals surface area (Å²) >= 11 is 0. The van der Waals surface area contributed by atoms with E-state index in [1.807, 2.05) is 31.2 Å². The third-order valence-corrected chi connectivity index (χ3v) is 4.61. The summed E-state index contributed by atoms with van der Waals surface area (Å²) in [5.41, 5.74) is 1.29. The average molecular weight is 315 g/mol. The SMILES string of the molecule is Cc1ccc(CNC(=O)CN2C(=O)N[C@@](C)(C3CC3)C2=O)cc1. The molecule has 2 fully saturated rings. The lowest BCUT2D eigenvalue weighted by Crippen LogP contribution is -2.46. The van der Waals surface area contributed by atoms with Crippen LogP contribution in [-0.2, 0) is 16.1 Å². The third-order valence-electron chi connectivity index (χ3n) is 4.61. The molecule has 0 bridgehead atoms. The molecule has 2 aliphatic rings. The molecule has 1 aromatic rings. The Hall–Kier alpha value is -2.37. The number of aryl methyl sites for hydroxylation is 1. The number of carbonyl (C=O) groups is 3. The van der Waals surface area contributed by atoms with Gasteiger partial charge in [-0.2, -0.15) is 0 Å². The molecule has 1 atom stereocenters. The minimum atomic E-state index is -0.839. The zero-order chi connectivity index (χ0) is 16.6. The molecular formula is C17H21N3O3. The Morgan fingerprint density at radius 2 is 1.96 bits per heavy atom. The first-order chi connectivity index (χ1) is 10.9. The van der Waals surface area contributed by atoms with Gasteiger partial charge in [-0.3, -0.25) is 14.5 Å². The van der Waals surface area contributed by atoms with E-state index >= 15 is 0 Å². The summed E-state index contributed by atoms with van der Waals surface area (Å²) in [5, 5.41) is 5.48.